The Labute approximate surface area is 222 Å². The van der Waals surface area contributed by atoms with E-state index in [2.05, 4.69) is 4.98 Å². The Morgan fingerprint density at radius 3 is 2.37 bits per heavy atom. The van der Waals surface area contributed by atoms with E-state index < -0.39 is 15.7 Å². The van der Waals surface area contributed by atoms with Crippen molar-refractivity contribution in [3.8, 4) is 0 Å². The summed E-state index contributed by atoms with van der Waals surface area (Å²) < 4.78 is 47.5. The zero-order valence-corrected chi connectivity index (χ0v) is 22.2. The molecule has 0 aliphatic carbocycles. The lowest BCUT2D eigenvalue weighted by atomic mass is 10.1. The average molecular weight is 536 g/mol. The van der Waals surface area contributed by atoms with Crippen LogP contribution in [0.15, 0.2) is 90.2 Å². The van der Waals surface area contributed by atoms with Gasteiger partial charge in [-0.05, 0) is 47.9 Å². The molecule has 1 aromatic heterocycles. The van der Waals surface area contributed by atoms with Crippen LogP contribution in [0.5, 0.6) is 0 Å². The number of imidazole rings is 1. The van der Waals surface area contributed by atoms with E-state index in [-0.39, 0.29) is 43.1 Å². The van der Waals surface area contributed by atoms with Crippen molar-refractivity contribution in [2.75, 3.05) is 20.3 Å². The molecule has 0 N–H and O–H groups in total. The molecule has 4 aromatic rings. The molecule has 1 amide bonds. The standard InChI is InChI=1S/C29H30FN3O4S/c1-22-8-6-7-11-25(22)21-38(35,36)29-31-18-27(33(29)19-23-9-4-3-5-10-23)20-32(16-17-37-2)28(34)24-12-14-26(30)15-13-24/h3-15,18H,16-17,19-21H2,1-2H3. The van der Waals surface area contributed by atoms with E-state index in [1.807, 2.05) is 55.5 Å². The highest BCUT2D eigenvalue weighted by Gasteiger charge is 2.26. The van der Waals surface area contributed by atoms with Gasteiger partial charge < -0.3 is 14.2 Å². The minimum atomic E-state index is -3.81. The number of nitrogens with zero attached hydrogens (tertiary/aromatic N) is 3. The van der Waals surface area contributed by atoms with Crippen LogP contribution in [0.4, 0.5) is 4.39 Å². The predicted octanol–water partition coefficient (Wildman–Crippen LogP) is 4.64. The van der Waals surface area contributed by atoms with E-state index in [0.29, 0.717) is 16.8 Å². The van der Waals surface area contributed by atoms with E-state index in [1.54, 1.807) is 15.5 Å². The Kier molecular flexibility index (Phi) is 8.70. The van der Waals surface area contributed by atoms with Crippen LogP contribution >= 0.6 is 0 Å². The van der Waals surface area contributed by atoms with Crippen LogP contribution < -0.4 is 0 Å². The minimum absolute atomic E-state index is 0.0551. The summed E-state index contributed by atoms with van der Waals surface area (Å²) in [5.41, 5.74) is 3.37. The van der Waals surface area contributed by atoms with Gasteiger partial charge in [0, 0.05) is 19.2 Å². The second kappa shape index (κ2) is 12.1. The molecule has 9 heteroatoms. The number of ether oxygens (including phenoxy) is 1. The van der Waals surface area contributed by atoms with Crippen LogP contribution in [0.25, 0.3) is 0 Å². The topological polar surface area (TPSA) is 81.5 Å². The number of aromatic nitrogens is 2. The molecular weight excluding hydrogens is 505 g/mol. The van der Waals surface area contributed by atoms with Gasteiger partial charge >= 0.3 is 0 Å². The van der Waals surface area contributed by atoms with Crippen molar-refractivity contribution in [1.82, 2.24) is 14.5 Å². The maximum Gasteiger partial charge on any atom is 0.254 e. The first-order valence-electron chi connectivity index (χ1n) is 12.2. The van der Waals surface area contributed by atoms with Gasteiger partial charge in [0.25, 0.3) is 5.91 Å². The number of hydrogen-bond acceptors (Lipinski definition) is 5. The smallest absolute Gasteiger partial charge is 0.254 e. The normalized spacial score (nSPS) is 11.4. The fourth-order valence-electron chi connectivity index (χ4n) is 4.17. The molecule has 1 heterocycles. The zero-order valence-electron chi connectivity index (χ0n) is 21.4. The van der Waals surface area contributed by atoms with Gasteiger partial charge in [-0.25, -0.2) is 17.8 Å². The Morgan fingerprint density at radius 1 is 1.00 bits per heavy atom. The molecule has 0 spiro atoms. The zero-order chi connectivity index (χ0) is 27.1. The monoisotopic (exact) mass is 535 g/mol. The summed E-state index contributed by atoms with van der Waals surface area (Å²) >= 11 is 0. The molecule has 198 valence electrons. The van der Waals surface area contributed by atoms with Crippen molar-refractivity contribution in [3.63, 3.8) is 0 Å². The number of amides is 1. The van der Waals surface area contributed by atoms with Crippen LogP contribution in [-0.4, -0.2) is 49.0 Å². The maximum absolute atomic E-state index is 13.6. The molecule has 0 unspecified atom stereocenters. The van der Waals surface area contributed by atoms with Crippen LogP contribution in [0.2, 0.25) is 0 Å². The number of methoxy groups -OCH3 is 1. The number of rotatable bonds is 11. The van der Waals surface area contributed by atoms with Crippen LogP contribution in [-0.2, 0) is 33.4 Å². The summed E-state index contributed by atoms with van der Waals surface area (Å²) in [6.45, 7) is 2.77. The van der Waals surface area contributed by atoms with Gasteiger partial charge in [0.05, 0.1) is 37.3 Å². The Morgan fingerprint density at radius 2 is 1.68 bits per heavy atom. The van der Waals surface area contributed by atoms with Crippen molar-refractivity contribution in [1.29, 1.82) is 0 Å². The van der Waals surface area contributed by atoms with E-state index in [4.69, 9.17) is 4.74 Å². The van der Waals surface area contributed by atoms with Gasteiger partial charge in [-0.2, -0.15) is 0 Å². The lowest BCUT2D eigenvalue weighted by Gasteiger charge is -2.23. The Bertz CT molecular complexity index is 1490. The van der Waals surface area contributed by atoms with Crippen molar-refractivity contribution < 1.29 is 22.3 Å². The van der Waals surface area contributed by atoms with Gasteiger partial charge in [0.15, 0.2) is 0 Å². The number of sulfone groups is 1. The highest BCUT2D eigenvalue weighted by Crippen LogP contribution is 2.22. The van der Waals surface area contributed by atoms with Crippen molar-refractivity contribution in [2.24, 2.45) is 0 Å². The third-order valence-corrected chi connectivity index (χ3v) is 7.84. The fourth-order valence-corrected chi connectivity index (χ4v) is 5.76. The molecule has 0 saturated carbocycles. The summed E-state index contributed by atoms with van der Waals surface area (Å²) in [5.74, 6) is -0.944. The molecule has 0 aliphatic heterocycles. The lowest BCUT2D eigenvalue weighted by molar-refractivity contribution is 0.0675. The van der Waals surface area contributed by atoms with E-state index >= 15 is 0 Å². The number of benzene rings is 3. The average Bonchev–Trinajstić information content (AvgIpc) is 3.31. The largest absolute Gasteiger partial charge is 0.383 e. The number of halogens is 1. The SMILES string of the molecule is COCCN(Cc1cnc(S(=O)(=O)Cc2ccccc2C)n1Cc1ccccc1)C(=O)c1ccc(F)cc1. The number of hydrogen-bond donors (Lipinski definition) is 0. The number of aryl methyl sites for hydroxylation is 1. The molecule has 7 nitrogen and oxygen atoms in total. The second-order valence-corrected chi connectivity index (χ2v) is 10.9. The van der Waals surface area contributed by atoms with E-state index in [1.165, 1.54) is 37.6 Å². The quantitative estimate of drug-likeness (QED) is 0.280. The summed E-state index contributed by atoms with van der Waals surface area (Å²) in [5, 5.41) is -0.0551. The summed E-state index contributed by atoms with van der Waals surface area (Å²) in [7, 11) is -2.28. The van der Waals surface area contributed by atoms with Crippen molar-refractivity contribution >= 4 is 15.7 Å². The minimum Gasteiger partial charge on any atom is -0.383 e. The summed E-state index contributed by atoms with van der Waals surface area (Å²) in [4.78, 5) is 19.2. The molecule has 0 aliphatic rings. The third kappa shape index (κ3) is 6.54. The molecule has 4 rings (SSSR count). The van der Waals surface area contributed by atoms with Gasteiger partial charge in [-0.3, -0.25) is 4.79 Å². The first-order chi connectivity index (χ1) is 18.3. The van der Waals surface area contributed by atoms with Gasteiger partial charge in [-0.1, -0.05) is 54.6 Å². The van der Waals surface area contributed by atoms with Crippen molar-refractivity contribution in [2.45, 2.75) is 30.9 Å². The third-order valence-electron chi connectivity index (χ3n) is 6.27. The highest BCUT2D eigenvalue weighted by atomic mass is 32.2. The molecule has 0 radical (unpaired) electrons. The predicted molar refractivity (Wildman–Crippen MR) is 143 cm³/mol. The first kappa shape index (κ1) is 27.2. The van der Waals surface area contributed by atoms with Crippen LogP contribution in [0.3, 0.4) is 0 Å². The molecule has 0 saturated heterocycles. The van der Waals surface area contributed by atoms with E-state index in [0.717, 1.165) is 11.1 Å². The van der Waals surface area contributed by atoms with Crippen molar-refractivity contribution in [3.05, 3.63) is 119 Å². The summed E-state index contributed by atoms with van der Waals surface area (Å²) in [6.07, 6.45) is 1.51. The Balaban J connectivity index is 1.72. The Hall–Kier alpha value is -3.82. The van der Waals surface area contributed by atoms with Gasteiger partial charge in [0.2, 0.25) is 15.0 Å². The van der Waals surface area contributed by atoms with Crippen LogP contribution in [0.1, 0.15) is 32.7 Å². The summed E-state index contributed by atoms with van der Waals surface area (Å²) in [6, 6.07) is 22.2. The second-order valence-electron chi connectivity index (χ2n) is 9.02. The maximum atomic E-state index is 13.6. The number of carbonyl (C=O) groups is 1. The van der Waals surface area contributed by atoms with Crippen LogP contribution in [0, 0.1) is 12.7 Å². The molecular formula is C29H30FN3O4S. The molecule has 3 aromatic carbocycles. The van der Waals surface area contributed by atoms with Gasteiger partial charge in [0.1, 0.15) is 5.82 Å². The highest BCUT2D eigenvalue weighted by molar-refractivity contribution is 7.90. The fraction of sp³-hybridized carbons (Fsp3) is 0.241. The van der Waals surface area contributed by atoms with E-state index in [9.17, 15) is 17.6 Å². The molecule has 0 fully saturated rings. The lowest BCUT2D eigenvalue weighted by Crippen LogP contribution is -2.34. The first-order valence-corrected chi connectivity index (χ1v) is 13.8. The molecule has 0 bridgehead atoms. The molecule has 38 heavy (non-hydrogen) atoms. The number of carbonyl (C=O) groups excluding carboxylic acids is 1. The molecule has 0 atom stereocenters. The van der Waals surface area contributed by atoms with Gasteiger partial charge in [-0.15, -0.1) is 0 Å².